The van der Waals surface area contributed by atoms with Gasteiger partial charge in [0.15, 0.2) is 5.78 Å². The van der Waals surface area contributed by atoms with Gasteiger partial charge < -0.3 is 21.3 Å². The van der Waals surface area contributed by atoms with Crippen molar-refractivity contribution in [2.75, 3.05) is 18.1 Å². The van der Waals surface area contributed by atoms with Gasteiger partial charge in [-0.15, -0.1) is 0 Å². The van der Waals surface area contributed by atoms with E-state index in [4.69, 9.17) is 16.2 Å². The van der Waals surface area contributed by atoms with Crippen LogP contribution in [0.1, 0.15) is 50.8 Å². The van der Waals surface area contributed by atoms with Gasteiger partial charge in [-0.2, -0.15) is 0 Å². The maximum Gasteiger partial charge on any atom is 0.336 e. The van der Waals surface area contributed by atoms with Gasteiger partial charge in [0.2, 0.25) is 0 Å². The Kier molecular flexibility index (Phi) is 8.79. The highest BCUT2D eigenvalue weighted by molar-refractivity contribution is 6.07. The fourth-order valence-corrected chi connectivity index (χ4v) is 4.38. The summed E-state index contributed by atoms with van der Waals surface area (Å²) in [6.07, 6.45) is 5.85. The molecule has 0 fully saturated rings. The van der Waals surface area contributed by atoms with Gasteiger partial charge in [0.05, 0.1) is 12.2 Å². The molecule has 0 spiro atoms. The lowest BCUT2D eigenvalue weighted by molar-refractivity contribution is 0.0695. The smallest absolute Gasteiger partial charge is 0.336 e. The minimum atomic E-state index is -1.08. The summed E-state index contributed by atoms with van der Waals surface area (Å²) in [7, 11) is 0. The van der Waals surface area contributed by atoms with E-state index in [-0.39, 0.29) is 18.0 Å². The van der Waals surface area contributed by atoms with Gasteiger partial charge in [-0.3, -0.25) is 4.79 Å². The molecule has 0 aliphatic rings. The second-order valence-electron chi connectivity index (χ2n) is 9.33. The molecule has 5 N–H and O–H groups in total. The van der Waals surface area contributed by atoms with Gasteiger partial charge in [-0.1, -0.05) is 80.1 Å². The number of anilines is 2. The number of aryl methyl sites for hydroxylation is 1. The summed E-state index contributed by atoms with van der Waals surface area (Å²) in [5.41, 5.74) is 17.9. The Bertz CT molecular complexity index is 1470. The van der Waals surface area contributed by atoms with Crippen molar-refractivity contribution in [1.82, 2.24) is 0 Å². The number of rotatable bonds is 11. The van der Waals surface area contributed by atoms with Crippen LogP contribution >= 0.6 is 0 Å². The van der Waals surface area contributed by atoms with Crippen LogP contribution < -0.4 is 16.2 Å². The number of benzene rings is 4. The molecule has 0 bridgehead atoms. The third-order valence-corrected chi connectivity index (χ3v) is 6.46. The highest BCUT2D eigenvalue weighted by Crippen LogP contribution is 2.24. The first kappa shape index (κ1) is 27.2. The third kappa shape index (κ3) is 7.14. The maximum atomic E-state index is 12.7. The van der Waals surface area contributed by atoms with E-state index in [0.717, 1.165) is 29.5 Å². The number of allylic oxidation sites excluding steroid dienone is 1. The Balaban J connectivity index is 1.32. The van der Waals surface area contributed by atoms with E-state index in [0.29, 0.717) is 34.7 Å². The molecule has 198 valence electrons. The first-order valence-electron chi connectivity index (χ1n) is 12.9. The minimum Gasteiger partial charge on any atom is -0.493 e. The Morgan fingerprint density at radius 1 is 0.846 bits per heavy atom. The van der Waals surface area contributed by atoms with Gasteiger partial charge in [0, 0.05) is 23.4 Å². The number of carbonyl (C=O) groups is 2. The van der Waals surface area contributed by atoms with E-state index >= 15 is 0 Å². The number of nitrogen functional groups attached to an aromatic ring is 2. The standard InChI is InChI=1S/C33H32N2O4/c1-2-3-22-4-9-24(10-5-22)25-11-13-26(14-12-25)32(36)17-8-23-6-15-28(16-7-23)39-19-18-29-30(33(37)38)20-27(34)21-31(29)35/h4-17,20-21H,2-3,18-19,34-35H2,1H3,(H,37,38)/b17-8+. The van der Waals surface area contributed by atoms with Crippen LogP contribution in [0.15, 0.2) is 91.0 Å². The second kappa shape index (κ2) is 12.6. The molecule has 6 heteroatoms. The van der Waals surface area contributed by atoms with Gasteiger partial charge in [0.25, 0.3) is 0 Å². The average Bonchev–Trinajstić information content (AvgIpc) is 2.94. The molecule has 0 aromatic heterocycles. The molecule has 0 radical (unpaired) electrons. The molecule has 4 aromatic rings. The summed E-state index contributed by atoms with van der Waals surface area (Å²) in [6.45, 7) is 2.42. The fourth-order valence-electron chi connectivity index (χ4n) is 4.38. The summed E-state index contributed by atoms with van der Waals surface area (Å²) < 4.78 is 5.78. The van der Waals surface area contributed by atoms with Crippen LogP contribution in [0.2, 0.25) is 0 Å². The molecular formula is C33H32N2O4. The van der Waals surface area contributed by atoms with Crippen molar-refractivity contribution < 1.29 is 19.4 Å². The number of ether oxygens (including phenoxy) is 1. The molecule has 0 saturated carbocycles. The first-order chi connectivity index (χ1) is 18.8. The number of hydrogen-bond donors (Lipinski definition) is 3. The third-order valence-electron chi connectivity index (χ3n) is 6.46. The summed E-state index contributed by atoms with van der Waals surface area (Å²) >= 11 is 0. The van der Waals surface area contributed by atoms with E-state index < -0.39 is 5.97 Å². The van der Waals surface area contributed by atoms with Crippen LogP contribution in [0.4, 0.5) is 11.4 Å². The van der Waals surface area contributed by atoms with E-state index in [9.17, 15) is 14.7 Å². The number of nitrogens with two attached hydrogens (primary N) is 2. The summed E-state index contributed by atoms with van der Waals surface area (Å²) in [6, 6.07) is 26.4. The Labute approximate surface area is 228 Å². The largest absolute Gasteiger partial charge is 0.493 e. The zero-order valence-electron chi connectivity index (χ0n) is 21.9. The van der Waals surface area contributed by atoms with Crippen molar-refractivity contribution in [3.63, 3.8) is 0 Å². The van der Waals surface area contributed by atoms with E-state index in [1.54, 1.807) is 30.4 Å². The summed E-state index contributed by atoms with van der Waals surface area (Å²) in [4.78, 5) is 24.2. The number of ketones is 1. The van der Waals surface area contributed by atoms with Crippen LogP contribution in [-0.4, -0.2) is 23.5 Å². The molecule has 0 heterocycles. The Morgan fingerprint density at radius 3 is 2.10 bits per heavy atom. The van der Waals surface area contributed by atoms with Crippen molar-refractivity contribution in [2.45, 2.75) is 26.2 Å². The van der Waals surface area contributed by atoms with Gasteiger partial charge >= 0.3 is 5.97 Å². The highest BCUT2D eigenvalue weighted by Gasteiger charge is 2.14. The van der Waals surface area contributed by atoms with Crippen molar-refractivity contribution in [2.24, 2.45) is 0 Å². The number of carboxylic acids is 1. The lowest BCUT2D eigenvalue weighted by atomic mass is 10.00. The monoisotopic (exact) mass is 520 g/mol. The van der Waals surface area contributed by atoms with Crippen molar-refractivity contribution >= 4 is 29.2 Å². The van der Waals surface area contributed by atoms with Crippen molar-refractivity contribution in [3.8, 4) is 16.9 Å². The van der Waals surface area contributed by atoms with Crippen molar-refractivity contribution in [3.05, 3.63) is 119 Å². The van der Waals surface area contributed by atoms with E-state index in [2.05, 4.69) is 31.2 Å². The van der Waals surface area contributed by atoms with Crippen LogP contribution in [0.5, 0.6) is 5.75 Å². The molecule has 0 amide bonds. The predicted molar refractivity (Wildman–Crippen MR) is 157 cm³/mol. The first-order valence-corrected chi connectivity index (χ1v) is 12.9. The summed E-state index contributed by atoms with van der Waals surface area (Å²) in [5.74, 6) is -0.527. The van der Waals surface area contributed by atoms with Crippen LogP contribution in [0.3, 0.4) is 0 Å². The van der Waals surface area contributed by atoms with Crippen LogP contribution in [-0.2, 0) is 12.8 Å². The lowest BCUT2D eigenvalue weighted by Gasteiger charge is -2.12. The highest BCUT2D eigenvalue weighted by atomic mass is 16.5. The topological polar surface area (TPSA) is 116 Å². The van der Waals surface area contributed by atoms with Crippen LogP contribution in [0, 0.1) is 0 Å². The molecule has 4 rings (SSSR count). The normalized spacial score (nSPS) is 11.0. The number of carboxylic acid groups (broad SMARTS) is 1. The molecule has 0 atom stereocenters. The van der Waals surface area contributed by atoms with E-state index in [1.165, 1.54) is 11.6 Å². The number of carbonyl (C=O) groups excluding carboxylic acids is 1. The zero-order chi connectivity index (χ0) is 27.8. The van der Waals surface area contributed by atoms with Crippen molar-refractivity contribution in [1.29, 1.82) is 0 Å². The second-order valence-corrected chi connectivity index (χ2v) is 9.33. The molecule has 0 saturated heterocycles. The molecular weight excluding hydrogens is 488 g/mol. The minimum absolute atomic E-state index is 0.0736. The average molecular weight is 521 g/mol. The Morgan fingerprint density at radius 2 is 1.49 bits per heavy atom. The number of hydrogen-bond acceptors (Lipinski definition) is 5. The van der Waals surface area contributed by atoms with Gasteiger partial charge in [0.1, 0.15) is 5.75 Å². The maximum absolute atomic E-state index is 12.7. The zero-order valence-corrected chi connectivity index (χ0v) is 21.9. The predicted octanol–water partition coefficient (Wildman–Crippen LogP) is 6.69. The number of aromatic carboxylic acids is 1. The SMILES string of the molecule is CCCc1ccc(-c2ccc(C(=O)/C=C/c3ccc(OCCc4c(N)cc(N)cc4C(=O)O)cc3)cc2)cc1. The molecule has 0 aliphatic heterocycles. The molecule has 0 aliphatic carbocycles. The summed E-state index contributed by atoms with van der Waals surface area (Å²) in [5, 5.41) is 9.42. The molecule has 0 unspecified atom stereocenters. The van der Waals surface area contributed by atoms with Crippen LogP contribution in [0.25, 0.3) is 17.2 Å². The van der Waals surface area contributed by atoms with Gasteiger partial charge in [-0.25, -0.2) is 4.79 Å². The molecule has 39 heavy (non-hydrogen) atoms. The lowest BCUT2D eigenvalue weighted by Crippen LogP contribution is -2.11. The Hall–Kier alpha value is -4.84. The fraction of sp³-hybridized carbons (Fsp3) is 0.152. The molecule has 6 nitrogen and oxygen atoms in total. The molecule has 4 aromatic carbocycles. The quantitative estimate of drug-likeness (QED) is 0.115. The van der Waals surface area contributed by atoms with E-state index in [1.807, 2.05) is 36.4 Å². The van der Waals surface area contributed by atoms with Gasteiger partial charge in [-0.05, 0) is 64.6 Å².